The lowest BCUT2D eigenvalue weighted by molar-refractivity contribution is 0.590. The number of benzene rings is 7. The molecule has 7 aromatic rings. The van der Waals surface area contributed by atoms with Gasteiger partial charge in [0.1, 0.15) is 0 Å². The Bertz CT molecular complexity index is 2330. The smallest absolute Gasteiger partial charge is 0.0474 e. The van der Waals surface area contributed by atoms with Gasteiger partial charge in [-0.05, 0) is 136 Å². The predicted molar refractivity (Wildman–Crippen MR) is 239 cm³/mol. The van der Waals surface area contributed by atoms with E-state index in [-0.39, 0.29) is 16.2 Å². The van der Waals surface area contributed by atoms with E-state index in [1.54, 1.807) is 0 Å². The summed E-state index contributed by atoms with van der Waals surface area (Å²) in [5.41, 5.74) is 21.2. The maximum atomic E-state index is 7.23. The Labute approximate surface area is 332 Å². The summed E-state index contributed by atoms with van der Waals surface area (Å²) in [6, 6.07) is 45.0. The van der Waals surface area contributed by atoms with Crippen molar-refractivity contribution in [1.29, 1.82) is 0 Å². The number of hydrogen-bond acceptors (Lipinski definition) is 1. The number of rotatable bonds is 4. The van der Waals surface area contributed by atoms with Gasteiger partial charge in [0.25, 0.3) is 0 Å². The zero-order chi connectivity index (χ0) is 38.0. The zero-order valence-electron chi connectivity index (χ0n) is 32.4. The van der Waals surface area contributed by atoms with Crippen LogP contribution in [0.5, 0.6) is 0 Å². The minimum absolute atomic E-state index is 0.0846. The van der Waals surface area contributed by atoms with Crippen LogP contribution >= 0.6 is 31.9 Å². The fraction of sp³-hybridized carbons (Fsp3) is 0.240. The van der Waals surface area contributed by atoms with Gasteiger partial charge in [-0.25, -0.2) is 0 Å². The first-order valence-electron chi connectivity index (χ1n) is 18.5. The standard InChI is InChI=1S/C50H49Br2N/c1-48(2,3)38-18-14-30(15-19-38)32-10-12-34-24-41(45(51)26-36(34)22-32)43-28-40(50(7,8)9)29-44(47(43)53)42-25-35-13-11-33(23-37(35)27-46(42)52)31-16-20-39(21-17-31)49(4,5)6/h10-29H,53H2,1-9H3. The molecule has 0 amide bonds. The highest BCUT2D eigenvalue weighted by molar-refractivity contribution is 9.11. The van der Waals surface area contributed by atoms with Crippen LogP contribution in [-0.4, -0.2) is 0 Å². The van der Waals surface area contributed by atoms with Crippen LogP contribution in [0.4, 0.5) is 5.69 Å². The van der Waals surface area contributed by atoms with Crippen LogP contribution in [0.2, 0.25) is 0 Å². The summed E-state index contributed by atoms with van der Waals surface area (Å²) in [5, 5.41) is 4.73. The van der Waals surface area contributed by atoms with Crippen LogP contribution in [0.15, 0.2) is 130 Å². The molecule has 0 aliphatic rings. The molecule has 0 aromatic heterocycles. The first kappa shape index (κ1) is 37.1. The molecule has 53 heavy (non-hydrogen) atoms. The summed E-state index contributed by atoms with van der Waals surface area (Å²) >= 11 is 7.96. The van der Waals surface area contributed by atoms with Gasteiger partial charge in [0.15, 0.2) is 0 Å². The number of hydrogen-bond donors (Lipinski definition) is 1. The molecule has 0 unspecified atom stereocenters. The second-order valence-corrected chi connectivity index (χ2v) is 19.4. The van der Waals surface area contributed by atoms with Crippen molar-refractivity contribution in [3.63, 3.8) is 0 Å². The zero-order valence-corrected chi connectivity index (χ0v) is 35.6. The second-order valence-electron chi connectivity index (χ2n) is 17.7. The molecule has 268 valence electrons. The van der Waals surface area contributed by atoms with E-state index in [9.17, 15) is 0 Å². The summed E-state index contributed by atoms with van der Waals surface area (Å²) in [6.07, 6.45) is 0. The van der Waals surface area contributed by atoms with Gasteiger partial charge in [-0.2, -0.15) is 0 Å². The maximum Gasteiger partial charge on any atom is 0.0474 e. The normalized spacial score (nSPS) is 12.5. The summed E-state index contributed by atoms with van der Waals surface area (Å²) in [7, 11) is 0. The Balaban J connectivity index is 1.30. The van der Waals surface area contributed by atoms with Gasteiger partial charge in [0.05, 0.1) is 0 Å². The lowest BCUT2D eigenvalue weighted by Gasteiger charge is -2.24. The Hall–Kier alpha value is -4.18. The molecule has 0 heterocycles. The Kier molecular flexibility index (Phi) is 9.53. The largest absolute Gasteiger partial charge is 0.398 e. The minimum Gasteiger partial charge on any atom is -0.398 e. The lowest BCUT2D eigenvalue weighted by Crippen LogP contribution is -2.12. The van der Waals surface area contributed by atoms with Gasteiger partial charge in [-0.15, -0.1) is 0 Å². The van der Waals surface area contributed by atoms with E-state index in [4.69, 9.17) is 5.73 Å². The van der Waals surface area contributed by atoms with Gasteiger partial charge < -0.3 is 5.73 Å². The van der Waals surface area contributed by atoms with Crippen LogP contribution in [-0.2, 0) is 16.2 Å². The highest BCUT2D eigenvalue weighted by Gasteiger charge is 2.22. The number of fused-ring (bicyclic) bond motifs is 2. The topological polar surface area (TPSA) is 26.0 Å². The summed E-state index contributed by atoms with van der Waals surface area (Å²) < 4.78 is 2.05. The van der Waals surface area contributed by atoms with Crippen LogP contribution in [0, 0.1) is 0 Å². The van der Waals surface area contributed by atoms with Crippen LogP contribution < -0.4 is 5.73 Å². The molecule has 1 nitrogen and oxygen atoms in total. The number of halogens is 2. The second kappa shape index (κ2) is 13.6. The molecule has 0 saturated heterocycles. The first-order valence-corrected chi connectivity index (χ1v) is 20.1. The molecule has 0 aliphatic heterocycles. The predicted octanol–water partition coefficient (Wildman–Crippen LogP) is 15.7. The maximum absolute atomic E-state index is 7.23. The average molecular weight is 824 g/mol. The monoisotopic (exact) mass is 821 g/mol. The SMILES string of the molecule is CC(C)(C)c1ccc(-c2ccc3cc(-c4cc(C(C)(C)C)cc(-c5cc6ccc(-c7ccc(C(C)(C)C)cc7)cc6cc5Br)c4N)c(Br)cc3c2)cc1. The first-order chi connectivity index (χ1) is 24.9. The van der Waals surface area contributed by atoms with E-state index in [1.165, 1.54) is 60.5 Å². The third-order valence-electron chi connectivity index (χ3n) is 10.6. The molecular weight excluding hydrogens is 774 g/mol. The third kappa shape index (κ3) is 7.48. The van der Waals surface area contributed by atoms with E-state index in [0.29, 0.717) is 0 Å². The average Bonchev–Trinajstić information content (AvgIpc) is 3.10. The highest BCUT2D eigenvalue weighted by Crippen LogP contribution is 2.45. The van der Waals surface area contributed by atoms with Crippen molar-refractivity contribution in [3.05, 3.63) is 147 Å². The molecule has 7 aromatic carbocycles. The Morgan fingerprint density at radius 1 is 0.340 bits per heavy atom. The Morgan fingerprint density at radius 3 is 1.02 bits per heavy atom. The van der Waals surface area contributed by atoms with Crippen molar-refractivity contribution in [2.24, 2.45) is 0 Å². The van der Waals surface area contributed by atoms with E-state index in [0.717, 1.165) is 36.9 Å². The fourth-order valence-electron chi connectivity index (χ4n) is 7.17. The van der Waals surface area contributed by atoms with E-state index in [1.807, 2.05) is 0 Å². The molecule has 0 spiro atoms. The number of anilines is 1. The van der Waals surface area contributed by atoms with E-state index in [2.05, 4.69) is 216 Å². The van der Waals surface area contributed by atoms with E-state index >= 15 is 0 Å². The van der Waals surface area contributed by atoms with Gasteiger partial charge in [0.2, 0.25) is 0 Å². The summed E-state index contributed by atoms with van der Waals surface area (Å²) in [5.74, 6) is 0. The van der Waals surface area contributed by atoms with Crippen molar-refractivity contribution in [3.8, 4) is 44.5 Å². The van der Waals surface area contributed by atoms with Crippen LogP contribution in [0.1, 0.15) is 79.0 Å². The molecule has 2 N–H and O–H groups in total. The van der Waals surface area contributed by atoms with Crippen molar-refractivity contribution < 1.29 is 0 Å². The van der Waals surface area contributed by atoms with Gasteiger partial charge in [0, 0.05) is 25.8 Å². The van der Waals surface area contributed by atoms with Crippen LogP contribution in [0.25, 0.3) is 66.1 Å². The van der Waals surface area contributed by atoms with Gasteiger partial charge >= 0.3 is 0 Å². The fourth-order valence-corrected chi connectivity index (χ4v) is 8.32. The quantitative estimate of drug-likeness (QED) is 0.176. The molecule has 7 rings (SSSR count). The lowest BCUT2D eigenvalue weighted by atomic mass is 9.82. The van der Waals surface area contributed by atoms with Crippen molar-refractivity contribution in [2.45, 2.75) is 78.6 Å². The minimum atomic E-state index is -0.0846. The molecule has 0 saturated carbocycles. The highest BCUT2D eigenvalue weighted by atomic mass is 79.9. The molecule has 3 heteroatoms. The molecular formula is C50H49Br2N. The Morgan fingerprint density at radius 2 is 0.679 bits per heavy atom. The summed E-state index contributed by atoms with van der Waals surface area (Å²) in [6.45, 7) is 20.3. The van der Waals surface area contributed by atoms with Crippen LogP contribution in [0.3, 0.4) is 0 Å². The molecule has 0 atom stereocenters. The van der Waals surface area contributed by atoms with Crippen molar-refractivity contribution in [2.75, 3.05) is 5.73 Å². The van der Waals surface area contributed by atoms with Gasteiger partial charge in [-0.1, -0.05) is 167 Å². The van der Waals surface area contributed by atoms with Gasteiger partial charge in [-0.3, -0.25) is 0 Å². The molecule has 0 fully saturated rings. The number of nitrogens with two attached hydrogens (primary N) is 1. The number of nitrogen functional groups attached to an aromatic ring is 1. The van der Waals surface area contributed by atoms with E-state index < -0.39 is 0 Å². The van der Waals surface area contributed by atoms with Crippen molar-refractivity contribution >= 4 is 59.1 Å². The molecule has 0 bridgehead atoms. The van der Waals surface area contributed by atoms with Crippen molar-refractivity contribution in [1.82, 2.24) is 0 Å². The summed E-state index contributed by atoms with van der Waals surface area (Å²) in [4.78, 5) is 0. The molecule has 0 radical (unpaired) electrons. The molecule has 0 aliphatic carbocycles. The third-order valence-corrected chi connectivity index (χ3v) is 12.0.